The van der Waals surface area contributed by atoms with Crippen LogP contribution in [0.5, 0.6) is 0 Å². The summed E-state index contributed by atoms with van der Waals surface area (Å²) >= 11 is 1.21. The molecule has 0 unspecified atom stereocenters. The predicted molar refractivity (Wildman–Crippen MR) is 143 cm³/mol. The van der Waals surface area contributed by atoms with Gasteiger partial charge in [0.2, 0.25) is 15.9 Å². The number of thiophene rings is 1. The zero-order chi connectivity index (χ0) is 26.0. The van der Waals surface area contributed by atoms with Gasteiger partial charge < -0.3 is 10.2 Å². The number of hydrogen-bond donors (Lipinski definition) is 1. The van der Waals surface area contributed by atoms with Crippen LogP contribution < -0.4 is 10.9 Å². The molecule has 2 aliphatic rings. The molecule has 2 saturated heterocycles. The van der Waals surface area contributed by atoms with Crippen LogP contribution in [0, 0.1) is 24.7 Å². The molecule has 1 N–H and O–H groups in total. The Labute approximate surface area is 217 Å². The van der Waals surface area contributed by atoms with Crippen LogP contribution in [0.3, 0.4) is 0 Å². The number of likely N-dealkylation sites (tertiary alicyclic amines) is 1. The number of piperidine rings is 2. The first kappa shape index (κ1) is 27.2. The fraction of sp³-hybridized carbons (Fsp3) is 0.720. The highest BCUT2D eigenvalue weighted by atomic mass is 32.2. The molecule has 200 valence electrons. The van der Waals surface area contributed by atoms with Crippen molar-refractivity contribution in [2.24, 2.45) is 17.8 Å². The highest BCUT2D eigenvalue weighted by molar-refractivity contribution is 7.89. The van der Waals surface area contributed by atoms with Crippen LogP contribution in [0.25, 0.3) is 10.2 Å². The number of carbonyl (C=O) groups is 1. The van der Waals surface area contributed by atoms with Gasteiger partial charge in [0, 0.05) is 37.6 Å². The average molecular weight is 538 g/mol. The summed E-state index contributed by atoms with van der Waals surface area (Å²) in [5.74, 6) is 1.61. The zero-order valence-electron chi connectivity index (χ0n) is 21.8. The van der Waals surface area contributed by atoms with Crippen LogP contribution in [0.2, 0.25) is 0 Å². The van der Waals surface area contributed by atoms with Gasteiger partial charge in [-0.1, -0.05) is 20.8 Å². The second-order valence-corrected chi connectivity index (χ2v) is 13.9. The normalized spacial score (nSPS) is 22.8. The Balaban J connectivity index is 1.43. The molecule has 0 spiro atoms. The molecule has 4 rings (SSSR count). The van der Waals surface area contributed by atoms with E-state index in [0.29, 0.717) is 47.1 Å². The fourth-order valence-electron chi connectivity index (χ4n) is 5.61. The lowest BCUT2D eigenvalue weighted by molar-refractivity contribution is -0.121. The van der Waals surface area contributed by atoms with Gasteiger partial charge in [-0.25, -0.2) is 13.4 Å². The number of aryl methyl sites for hydroxylation is 1. The Morgan fingerprint density at radius 3 is 2.47 bits per heavy atom. The lowest BCUT2D eigenvalue weighted by Gasteiger charge is -2.34. The van der Waals surface area contributed by atoms with Crippen molar-refractivity contribution in [3.8, 4) is 0 Å². The van der Waals surface area contributed by atoms with Crippen LogP contribution >= 0.6 is 11.3 Å². The summed E-state index contributed by atoms with van der Waals surface area (Å²) in [4.78, 5) is 33.7. The highest BCUT2D eigenvalue weighted by Crippen LogP contribution is 2.34. The first-order valence-corrected chi connectivity index (χ1v) is 15.3. The second-order valence-electron chi connectivity index (χ2n) is 10.8. The van der Waals surface area contributed by atoms with E-state index in [1.807, 2.05) is 0 Å². The number of nitrogens with zero attached hydrogens (tertiary/aromatic N) is 4. The van der Waals surface area contributed by atoms with Crippen molar-refractivity contribution in [3.05, 3.63) is 21.6 Å². The van der Waals surface area contributed by atoms with Crippen LogP contribution in [-0.4, -0.2) is 72.3 Å². The molecule has 1 amide bonds. The van der Waals surface area contributed by atoms with Crippen molar-refractivity contribution in [3.63, 3.8) is 0 Å². The van der Waals surface area contributed by atoms with E-state index in [-0.39, 0.29) is 22.7 Å². The first-order chi connectivity index (χ1) is 17.1. The van der Waals surface area contributed by atoms with Crippen molar-refractivity contribution in [2.75, 3.05) is 39.3 Å². The van der Waals surface area contributed by atoms with Gasteiger partial charge in [-0.2, -0.15) is 4.31 Å². The Morgan fingerprint density at radius 2 is 1.81 bits per heavy atom. The molecule has 2 aromatic rings. The number of amides is 1. The summed E-state index contributed by atoms with van der Waals surface area (Å²) in [7, 11) is -3.82. The van der Waals surface area contributed by atoms with Crippen molar-refractivity contribution < 1.29 is 13.2 Å². The summed E-state index contributed by atoms with van der Waals surface area (Å²) in [6, 6.07) is 0. The summed E-state index contributed by atoms with van der Waals surface area (Å²) in [5, 5.41) is 2.99. The Kier molecular flexibility index (Phi) is 8.53. The predicted octanol–water partition coefficient (Wildman–Crippen LogP) is 2.67. The Bertz CT molecular complexity index is 1240. The lowest BCUT2D eigenvalue weighted by atomic mass is 9.92. The van der Waals surface area contributed by atoms with Crippen LogP contribution in [0.1, 0.15) is 51.3 Å². The number of hydrogen-bond acceptors (Lipinski definition) is 7. The molecule has 0 bridgehead atoms. The van der Waals surface area contributed by atoms with Crippen molar-refractivity contribution >= 4 is 37.5 Å². The van der Waals surface area contributed by atoms with Crippen molar-refractivity contribution in [1.29, 1.82) is 0 Å². The molecule has 2 atom stereocenters. The standard InChI is InChI=1S/C25H39N5O4S2/c1-17-6-10-30(11-7-17)36(33,34)23-20(4)35-24-22(23)25(32)29(16-27-24)15-21(31)26-8-5-9-28-13-18(2)12-19(3)14-28/h16-19H,5-15H2,1-4H3,(H,26,31)/t18-,19-/m1/s1. The largest absolute Gasteiger partial charge is 0.354 e. The third kappa shape index (κ3) is 6.00. The van der Waals surface area contributed by atoms with Crippen LogP contribution in [0.4, 0.5) is 0 Å². The Hall–Kier alpha value is -1.82. The number of carbonyl (C=O) groups excluding carboxylic acids is 1. The number of sulfonamides is 1. The molecule has 0 aromatic carbocycles. The zero-order valence-corrected chi connectivity index (χ0v) is 23.5. The summed E-state index contributed by atoms with van der Waals surface area (Å²) < 4.78 is 29.7. The van der Waals surface area contributed by atoms with Gasteiger partial charge in [0.15, 0.2) is 0 Å². The highest BCUT2D eigenvalue weighted by Gasteiger charge is 2.33. The van der Waals surface area contributed by atoms with E-state index in [2.05, 4.69) is 36.0 Å². The van der Waals surface area contributed by atoms with Crippen molar-refractivity contribution in [1.82, 2.24) is 24.1 Å². The first-order valence-electron chi connectivity index (χ1n) is 13.0. The maximum absolute atomic E-state index is 13.5. The summed E-state index contributed by atoms with van der Waals surface area (Å²) in [6.45, 7) is 12.8. The van der Waals surface area contributed by atoms with E-state index in [0.717, 1.165) is 38.9 Å². The van der Waals surface area contributed by atoms with E-state index < -0.39 is 15.6 Å². The molecular weight excluding hydrogens is 498 g/mol. The third-order valence-corrected chi connectivity index (χ3v) is 10.6. The maximum atomic E-state index is 13.5. The molecule has 0 aliphatic carbocycles. The molecule has 4 heterocycles. The number of nitrogens with one attached hydrogen (secondary N) is 1. The molecule has 9 nitrogen and oxygen atoms in total. The number of aromatic nitrogens is 2. The molecule has 11 heteroatoms. The van der Waals surface area contributed by atoms with E-state index >= 15 is 0 Å². The van der Waals surface area contributed by atoms with Crippen LogP contribution in [0.15, 0.2) is 16.0 Å². The molecule has 0 radical (unpaired) electrons. The quantitative estimate of drug-likeness (QED) is 0.519. The number of fused-ring (bicyclic) bond motifs is 1. The maximum Gasteiger partial charge on any atom is 0.263 e. The van der Waals surface area contributed by atoms with Gasteiger partial charge in [-0.3, -0.25) is 14.2 Å². The molecule has 2 aliphatic heterocycles. The van der Waals surface area contributed by atoms with Gasteiger partial charge in [0.1, 0.15) is 16.3 Å². The number of rotatable bonds is 8. The van der Waals surface area contributed by atoms with E-state index in [4.69, 9.17) is 0 Å². The molecule has 2 aromatic heterocycles. The smallest absolute Gasteiger partial charge is 0.263 e. The van der Waals surface area contributed by atoms with Gasteiger partial charge in [0.25, 0.3) is 5.56 Å². The van der Waals surface area contributed by atoms with Gasteiger partial charge in [0.05, 0.1) is 11.7 Å². The molecule has 2 fully saturated rings. The molecule has 0 saturated carbocycles. The minimum absolute atomic E-state index is 0.0503. The topological polar surface area (TPSA) is 105 Å². The minimum Gasteiger partial charge on any atom is -0.354 e. The summed E-state index contributed by atoms with van der Waals surface area (Å²) in [5.41, 5.74) is -0.486. The lowest BCUT2D eigenvalue weighted by Crippen LogP contribution is -2.40. The van der Waals surface area contributed by atoms with Crippen molar-refractivity contribution in [2.45, 2.75) is 64.8 Å². The Morgan fingerprint density at radius 1 is 1.14 bits per heavy atom. The SMILES string of the molecule is Cc1sc2ncn(CC(=O)NCCCN3C[C@H](C)C[C@@H](C)C3)c(=O)c2c1S(=O)(=O)N1CCC(C)CC1. The van der Waals surface area contributed by atoms with E-state index in [1.54, 1.807) is 6.92 Å². The monoisotopic (exact) mass is 537 g/mol. The van der Waals surface area contributed by atoms with Gasteiger partial charge in [-0.05, 0) is 56.9 Å². The minimum atomic E-state index is -3.82. The van der Waals surface area contributed by atoms with E-state index in [1.165, 1.54) is 33.0 Å². The average Bonchev–Trinajstić information content (AvgIpc) is 3.16. The molecule has 36 heavy (non-hydrogen) atoms. The molecular formula is C25H39N5O4S2. The fourth-order valence-corrected chi connectivity index (χ4v) is 8.74. The summed E-state index contributed by atoms with van der Waals surface area (Å²) in [6.07, 6.45) is 5.06. The van der Waals surface area contributed by atoms with E-state index in [9.17, 15) is 18.0 Å². The van der Waals surface area contributed by atoms with Gasteiger partial charge in [-0.15, -0.1) is 11.3 Å². The van der Waals surface area contributed by atoms with Crippen LogP contribution in [-0.2, 0) is 21.4 Å². The second kappa shape index (κ2) is 11.3. The van der Waals surface area contributed by atoms with Gasteiger partial charge >= 0.3 is 0 Å². The third-order valence-electron chi connectivity index (χ3n) is 7.37.